The molecule has 2 rings (SSSR count). The molecule has 1 aromatic rings. The second kappa shape index (κ2) is 4.54. The summed E-state index contributed by atoms with van der Waals surface area (Å²) in [5.41, 5.74) is 1.71. The van der Waals surface area contributed by atoms with E-state index in [4.69, 9.17) is 0 Å². The summed E-state index contributed by atoms with van der Waals surface area (Å²) in [6, 6.07) is 6.47. The van der Waals surface area contributed by atoms with Crippen LogP contribution in [0.3, 0.4) is 0 Å². The van der Waals surface area contributed by atoms with Gasteiger partial charge in [-0.25, -0.2) is 0 Å². The zero-order valence-electron chi connectivity index (χ0n) is 10.5. The third kappa shape index (κ3) is 2.43. The second-order valence-electron chi connectivity index (χ2n) is 5.37. The molecule has 0 aliphatic heterocycles. The summed E-state index contributed by atoms with van der Waals surface area (Å²) < 4.78 is 0. The van der Waals surface area contributed by atoms with Gasteiger partial charge in [-0.1, -0.05) is 19.9 Å². The maximum Gasteiger partial charge on any atom is 0.0570 e. The van der Waals surface area contributed by atoms with Gasteiger partial charge in [-0.3, -0.25) is 4.98 Å². The molecule has 1 saturated carbocycles. The molecular weight excluding hydrogens is 196 g/mol. The monoisotopic (exact) mass is 218 g/mol. The summed E-state index contributed by atoms with van der Waals surface area (Å²) >= 11 is 0. The summed E-state index contributed by atoms with van der Waals surface area (Å²) in [5.74, 6) is 0.788. The fraction of sp³-hybridized carbons (Fsp3) is 0.643. The van der Waals surface area contributed by atoms with Crippen LogP contribution >= 0.6 is 0 Å². The average Bonchev–Trinajstić information content (AvgIpc) is 3.08. The number of nitrogens with one attached hydrogen (secondary N) is 1. The van der Waals surface area contributed by atoms with Gasteiger partial charge >= 0.3 is 0 Å². The first-order valence-corrected chi connectivity index (χ1v) is 6.28. The molecule has 0 amide bonds. The first-order chi connectivity index (χ1) is 7.64. The van der Waals surface area contributed by atoms with E-state index >= 15 is 0 Å². The average molecular weight is 218 g/mol. The van der Waals surface area contributed by atoms with Gasteiger partial charge in [-0.15, -0.1) is 0 Å². The topological polar surface area (TPSA) is 24.9 Å². The van der Waals surface area contributed by atoms with E-state index < -0.39 is 0 Å². The minimum absolute atomic E-state index is 0.359. The predicted octanol–water partition coefficient (Wildman–Crippen LogP) is 3.17. The predicted molar refractivity (Wildman–Crippen MR) is 67.2 cm³/mol. The van der Waals surface area contributed by atoms with Crippen molar-refractivity contribution in [3.8, 4) is 0 Å². The Morgan fingerprint density at radius 3 is 2.56 bits per heavy atom. The second-order valence-corrected chi connectivity index (χ2v) is 5.37. The van der Waals surface area contributed by atoms with Crippen molar-refractivity contribution in [1.82, 2.24) is 10.3 Å². The Bertz CT molecular complexity index is 328. The number of hydrogen-bond acceptors (Lipinski definition) is 2. The molecule has 1 fully saturated rings. The lowest BCUT2D eigenvalue weighted by Crippen LogP contribution is -2.30. The molecule has 88 valence electrons. The lowest BCUT2D eigenvalue weighted by atomic mass is 9.92. The minimum Gasteiger partial charge on any atom is -0.308 e. The molecule has 0 spiro atoms. The lowest BCUT2D eigenvalue weighted by Gasteiger charge is -2.23. The molecule has 1 N–H and O–H groups in total. The molecule has 0 radical (unpaired) electrons. The smallest absolute Gasteiger partial charge is 0.0570 e. The Morgan fingerprint density at radius 1 is 1.31 bits per heavy atom. The summed E-state index contributed by atoms with van der Waals surface area (Å²) in [4.78, 5) is 4.38. The summed E-state index contributed by atoms with van der Waals surface area (Å²) in [6.07, 6.45) is 4.63. The molecule has 2 nitrogen and oxygen atoms in total. The maximum absolute atomic E-state index is 4.38. The highest BCUT2D eigenvalue weighted by Gasteiger charge is 2.44. The Labute approximate surface area is 98.5 Å². The fourth-order valence-electron chi connectivity index (χ4n) is 2.21. The largest absolute Gasteiger partial charge is 0.308 e. The molecule has 1 heterocycles. The standard InChI is InChI=1S/C14H22N2/c1-11(2)14(7-8-14)10-16-12(3)13-6-4-5-9-15-13/h4-6,9,11-12,16H,7-8,10H2,1-3H3. The van der Waals surface area contributed by atoms with Gasteiger partial charge in [-0.05, 0) is 43.2 Å². The normalized spacial score (nSPS) is 19.8. The van der Waals surface area contributed by atoms with Gasteiger partial charge in [0.15, 0.2) is 0 Å². The van der Waals surface area contributed by atoms with Crippen LogP contribution in [-0.2, 0) is 0 Å². The van der Waals surface area contributed by atoms with Gasteiger partial charge in [0.2, 0.25) is 0 Å². The van der Waals surface area contributed by atoms with Gasteiger partial charge in [0, 0.05) is 18.8 Å². The van der Waals surface area contributed by atoms with E-state index in [9.17, 15) is 0 Å². The van der Waals surface area contributed by atoms with Crippen molar-refractivity contribution in [3.63, 3.8) is 0 Å². The SMILES string of the molecule is CC(NCC1(C(C)C)CC1)c1ccccn1. The van der Waals surface area contributed by atoms with Crippen molar-refractivity contribution in [2.75, 3.05) is 6.54 Å². The fourth-order valence-corrected chi connectivity index (χ4v) is 2.21. The quantitative estimate of drug-likeness (QED) is 0.821. The van der Waals surface area contributed by atoms with Crippen LogP contribution in [0.4, 0.5) is 0 Å². The highest BCUT2D eigenvalue weighted by molar-refractivity contribution is 5.08. The molecular formula is C14H22N2. The Morgan fingerprint density at radius 2 is 2.06 bits per heavy atom. The minimum atomic E-state index is 0.359. The number of aromatic nitrogens is 1. The Balaban J connectivity index is 1.87. The van der Waals surface area contributed by atoms with Crippen molar-refractivity contribution in [2.45, 2.75) is 39.7 Å². The van der Waals surface area contributed by atoms with Crippen molar-refractivity contribution >= 4 is 0 Å². The van der Waals surface area contributed by atoms with Gasteiger partial charge in [0.05, 0.1) is 5.69 Å². The highest BCUT2D eigenvalue weighted by atomic mass is 15.0. The highest BCUT2D eigenvalue weighted by Crippen LogP contribution is 2.51. The van der Waals surface area contributed by atoms with E-state index in [1.165, 1.54) is 12.8 Å². The number of nitrogens with zero attached hydrogens (tertiary/aromatic N) is 1. The molecule has 1 aliphatic rings. The third-order valence-corrected chi connectivity index (χ3v) is 4.01. The lowest BCUT2D eigenvalue weighted by molar-refractivity contribution is 0.324. The van der Waals surface area contributed by atoms with E-state index in [1.807, 2.05) is 12.3 Å². The molecule has 0 bridgehead atoms. The van der Waals surface area contributed by atoms with Crippen LogP contribution in [0.15, 0.2) is 24.4 Å². The Hall–Kier alpha value is -0.890. The molecule has 1 aromatic heterocycles. The van der Waals surface area contributed by atoms with Crippen LogP contribution in [0.5, 0.6) is 0 Å². The zero-order valence-corrected chi connectivity index (χ0v) is 10.5. The third-order valence-electron chi connectivity index (χ3n) is 4.01. The Kier molecular flexibility index (Phi) is 3.29. The molecule has 2 heteroatoms. The first kappa shape index (κ1) is 11.6. The van der Waals surface area contributed by atoms with Crippen LogP contribution in [0.2, 0.25) is 0 Å². The summed E-state index contributed by atoms with van der Waals surface area (Å²) in [6.45, 7) is 7.99. The molecule has 1 atom stereocenters. The molecule has 16 heavy (non-hydrogen) atoms. The first-order valence-electron chi connectivity index (χ1n) is 6.28. The molecule has 1 unspecified atom stereocenters. The van der Waals surface area contributed by atoms with Crippen LogP contribution in [-0.4, -0.2) is 11.5 Å². The van der Waals surface area contributed by atoms with Crippen LogP contribution < -0.4 is 5.32 Å². The maximum atomic E-state index is 4.38. The van der Waals surface area contributed by atoms with Crippen molar-refractivity contribution in [1.29, 1.82) is 0 Å². The van der Waals surface area contributed by atoms with Gasteiger partial charge < -0.3 is 5.32 Å². The van der Waals surface area contributed by atoms with Gasteiger partial charge in [0.25, 0.3) is 0 Å². The van der Waals surface area contributed by atoms with Crippen LogP contribution in [0, 0.1) is 11.3 Å². The van der Waals surface area contributed by atoms with Crippen molar-refractivity contribution in [3.05, 3.63) is 30.1 Å². The number of rotatable bonds is 5. The number of pyridine rings is 1. The van der Waals surface area contributed by atoms with Gasteiger partial charge in [-0.2, -0.15) is 0 Å². The zero-order chi connectivity index (χ0) is 11.6. The van der Waals surface area contributed by atoms with E-state index in [1.54, 1.807) is 0 Å². The molecule has 0 aromatic carbocycles. The van der Waals surface area contributed by atoms with E-state index in [2.05, 4.69) is 43.2 Å². The molecule has 0 saturated heterocycles. The number of hydrogen-bond donors (Lipinski definition) is 1. The van der Waals surface area contributed by atoms with Gasteiger partial charge in [0.1, 0.15) is 0 Å². The van der Waals surface area contributed by atoms with E-state index in [-0.39, 0.29) is 0 Å². The summed E-state index contributed by atoms with van der Waals surface area (Å²) in [7, 11) is 0. The van der Waals surface area contributed by atoms with Crippen molar-refractivity contribution in [2.24, 2.45) is 11.3 Å². The molecule has 1 aliphatic carbocycles. The van der Waals surface area contributed by atoms with Crippen molar-refractivity contribution < 1.29 is 0 Å². The van der Waals surface area contributed by atoms with E-state index in [0.717, 1.165) is 18.2 Å². The van der Waals surface area contributed by atoms with Crippen LogP contribution in [0.1, 0.15) is 45.3 Å². The van der Waals surface area contributed by atoms with E-state index in [0.29, 0.717) is 11.5 Å². The summed E-state index contributed by atoms with van der Waals surface area (Å²) in [5, 5.41) is 3.62. The van der Waals surface area contributed by atoms with Crippen LogP contribution in [0.25, 0.3) is 0 Å².